The van der Waals surface area contributed by atoms with Gasteiger partial charge in [-0.15, -0.1) is 0 Å². The third-order valence-corrected chi connectivity index (χ3v) is 3.94. The first kappa shape index (κ1) is 16.0. The van der Waals surface area contributed by atoms with Gasteiger partial charge >= 0.3 is 0 Å². The van der Waals surface area contributed by atoms with E-state index >= 15 is 0 Å². The molecule has 0 atom stereocenters. The molecule has 116 valence electrons. The maximum atomic E-state index is 12.0. The second kappa shape index (κ2) is 8.15. The quantitative estimate of drug-likeness (QED) is 0.734. The Morgan fingerprint density at radius 1 is 1.24 bits per heavy atom. The minimum atomic E-state index is 0.0927. The van der Waals surface area contributed by atoms with Crippen molar-refractivity contribution in [1.82, 2.24) is 10.2 Å². The largest absolute Gasteiger partial charge is 0.326 e. The average molecular weight is 289 g/mol. The summed E-state index contributed by atoms with van der Waals surface area (Å²) in [5.74, 6) is 0.0927. The minimum absolute atomic E-state index is 0.0927. The number of hydrogen-bond donors (Lipinski definition) is 2. The number of anilines is 1. The van der Waals surface area contributed by atoms with Gasteiger partial charge in [0.1, 0.15) is 0 Å². The summed E-state index contributed by atoms with van der Waals surface area (Å²) in [6, 6.07) is 8.75. The summed E-state index contributed by atoms with van der Waals surface area (Å²) in [7, 11) is 0. The van der Waals surface area contributed by atoms with Crippen molar-refractivity contribution in [2.75, 3.05) is 25.0 Å². The fourth-order valence-corrected chi connectivity index (χ4v) is 2.36. The standard InChI is InChI=1S/C17H27N3O/c1-3-20(4-2)13-14-7-5-6-8-16(14)19-17(21)11-12-18-15-9-10-15/h5-8,15,18H,3-4,9-13H2,1-2H3,(H,19,21). The summed E-state index contributed by atoms with van der Waals surface area (Å²) in [6.07, 6.45) is 3.05. The van der Waals surface area contributed by atoms with Gasteiger partial charge < -0.3 is 10.6 Å². The van der Waals surface area contributed by atoms with Crippen molar-refractivity contribution < 1.29 is 4.79 Å². The van der Waals surface area contributed by atoms with E-state index in [4.69, 9.17) is 0 Å². The fourth-order valence-electron chi connectivity index (χ4n) is 2.36. The van der Waals surface area contributed by atoms with Crippen LogP contribution in [0.4, 0.5) is 5.69 Å². The van der Waals surface area contributed by atoms with E-state index in [1.165, 1.54) is 18.4 Å². The molecular formula is C17H27N3O. The second-order valence-corrected chi connectivity index (χ2v) is 5.65. The summed E-state index contributed by atoms with van der Waals surface area (Å²) < 4.78 is 0. The van der Waals surface area contributed by atoms with Crippen molar-refractivity contribution in [2.24, 2.45) is 0 Å². The lowest BCUT2D eigenvalue weighted by Gasteiger charge is -2.20. The second-order valence-electron chi connectivity index (χ2n) is 5.65. The van der Waals surface area contributed by atoms with Gasteiger partial charge in [-0.25, -0.2) is 0 Å². The molecule has 0 aromatic heterocycles. The van der Waals surface area contributed by atoms with Crippen LogP contribution in [0, 0.1) is 0 Å². The molecule has 21 heavy (non-hydrogen) atoms. The monoisotopic (exact) mass is 289 g/mol. The number of nitrogens with one attached hydrogen (secondary N) is 2. The molecule has 0 bridgehead atoms. The van der Waals surface area contributed by atoms with Gasteiger partial charge in [0.15, 0.2) is 0 Å². The Hall–Kier alpha value is -1.39. The summed E-state index contributed by atoms with van der Waals surface area (Å²) in [4.78, 5) is 14.4. The van der Waals surface area contributed by atoms with E-state index in [1.807, 2.05) is 18.2 Å². The molecule has 1 aliphatic rings. The zero-order valence-corrected chi connectivity index (χ0v) is 13.2. The number of carbonyl (C=O) groups excluding carboxylic acids is 1. The van der Waals surface area contributed by atoms with Crippen LogP contribution in [0.1, 0.15) is 38.7 Å². The van der Waals surface area contributed by atoms with Crippen LogP contribution >= 0.6 is 0 Å². The van der Waals surface area contributed by atoms with Crippen molar-refractivity contribution >= 4 is 11.6 Å². The zero-order valence-electron chi connectivity index (χ0n) is 13.2. The van der Waals surface area contributed by atoms with Crippen LogP contribution in [0.2, 0.25) is 0 Å². The first-order valence-corrected chi connectivity index (χ1v) is 8.06. The summed E-state index contributed by atoms with van der Waals surface area (Å²) >= 11 is 0. The molecule has 0 unspecified atom stereocenters. The maximum Gasteiger partial charge on any atom is 0.225 e. The first-order valence-electron chi connectivity index (χ1n) is 8.06. The summed E-state index contributed by atoms with van der Waals surface area (Å²) in [6.45, 7) is 8.01. The molecule has 0 saturated heterocycles. The predicted octanol–water partition coefficient (Wildman–Crippen LogP) is 2.61. The number of benzene rings is 1. The van der Waals surface area contributed by atoms with Gasteiger partial charge in [-0.05, 0) is 37.6 Å². The number of hydrogen-bond acceptors (Lipinski definition) is 3. The molecule has 1 aromatic rings. The van der Waals surface area contributed by atoms with Crippen molar-refractivity contribution in [3.8, 4) is 0 Å². The van der Waals surface area contributed by atoms with E-state index in [1.54, 1.807) is 0 Å². The van der Waals surface area contributed by atoms with Gasteiger partial charge in [0.25, 0.3) is 0 Å². The molecule has 4 nitrogen and oxygen atoms in total. The molecule has 4 heteroatoms. The molecule has 0 radical (unpaired) electrons. The normalized spacial score (nSPS) is 14.4. The van der Waals surface area contributed by atoms with Gasteiger partial charge in [-0.3, -0.25) is 9.69 Å². The van der Waals surface area contributed by atoms with Gasteiger partial charge in [-0.2, -0.15) is 0 Å². The highest BCUT2D eigenvalue weighted by atomic mass is 16.1. The summed E-state index contributed by atoms with van der Waals surface area (Å²) in [5, 5.41) is 6.42. The van der Waals surface area contributed by atoms with Crippen molar-refractivity contribution in [1.29, 1.82) is 0 Å². The van der Waals surface area contributed by atoms with Crippen LogP contribution < -0.4 is 10.6 Å². The molecular weight excluding hydrogens is 262 g/mol. The summed E-state index contributed by atoms with van der Waals surface area (Å²) in [5.41, 5.74) is 2.13. The SMILES string of the molecule is CCN(CC)Cc1ccccc1NC(=O)CCNC1CC1. The molecule has 0 spiro atoms. The molecule has 0 aliphatic heterocycles. The topological polar surface area (TPSA) is 44.4 Å². The molecule has 1 saturated carbocycles. The third-order valence-electron chi connectivity index (χ3n) is 3.94. The first-order chi connectivity index (χ1) is 10.2. The Kier molecular flexibility index (Phi) is 6.21. The lowest BCUT2D eigenvalue weighted by atomic mass is 10.1. The van der Waals surface area contributed by atoms with Crippen molar-refractivity contribution in [3.05, 3.63) is 29.8 Å². The maximum absolute atomic E-state index is 12.0. The highest BCUT2D eigenvalue weighted by Gasteiger charge is 2.20. The van der Waals surface area contributed by atoms with E-state index in [0.717, 1.165) is 31.9 Å². The lowest BCUT2D eigenvalue weighted by molar-refractivity contribution is -0.116. The molecule has 2 N–H and O–H groups in total. The number of nitrogens with zero attached hydrogens (tertiary/aromatic N) is 1. The van der Waals surface area contributed by atoms with E-state index in [-0.39, 0.29) is 5.91 Å². The number of para-hydroxylation sites is 1. The Bertz CT molecular complexity index is 453. The molecule has 1 amide bonds. The minimum Gasteiger partial charge on any atom is -0.326 e. The zero-order chi connectivity index (χ0) is 15.1. The Labute approximate surface area is 127 Å². The number of carbonyl (C=O) groups is 1. The number of rotatable bonds is 9. The van der Waals surface area contributed by atoms with E-state index in [0.29, 0.717) is 12.5 Å². The lowest BCUT2D eigenvalue weighted by Crippen LogP contribution is -2.25. The van der Waals surface area contributed by atoms with Crippen LogP contribution in [0.5, 0.6) is 0 Å². The Morgan fingerprint density at radius 2 is 1.95 bits per heavy atom. The Morgan fingerprint density at radius 3 is 2.62 bits per heavy atom. The predicted molar refractivity (Wildman–Crippen MR) is 87.3 cm³/mol. The van der Waals surface area contributed by atoms with Crippen LogP contribution in [0.3, 0.4) is 0 Å². The molecule has 1 aliphatic carbocycles. The smallest absolute Gasteiger partial charge is 0.225 e. The van der Waals surface area contributed by atoms with Crippen molar-refractivity contribution in [3.63, 3.8) is 0 Å². The van der Waals surface area contributed by atoms with Gasteiger partial charge in [-0.1, -0.05) is 32.0 Å². The molecule has 1 aromatic carbocycles. The molecule has 1 fully saturated rings. The van der Waals surface area contributed by atoms with E-state index in [9.17, 15) is 4.79 Å². The van der Waals surface area contributed by atoms with Gasteiger partial charge in [0.2, 0.25) is 5.91 Å². The van der Waals surface area contributed by atoms with Gasteiger partial charge in [0, 0.05) is 31.2 Å². The van der Waals surface area contributed by atoms with Gasteiger partial charge in [0.05, 0.1) is 0 Å². The Balaban J connectivity index is 1.87. The fraction of sp³-hybridized carbons (Fsp3) is 0.588. The van der Waals surface area contributed by atoms with Crippen molar-refractivity contribution in [2.45, 2.75) is 45.7 Å². The van der Waals surface area contributed by atoms with E-state index < -0.39 is 0 Å². The van der Waals surface area contributed by atoms with Crippen LogP contribution in [0.25, 0.3) is 0 Å². The molecule has 0 heterocycles. The molecule has 2 rings (SSSR count). The number of amides is 1. The average Bonchev–Trinajstić information content (AvgIpc) is 3.30. The third kappa shape index (κ3) is 5.48. The highest BCUT2D eigenvalue weighted by Crippen LogP contribution is 2.19. The van der Waals surface area contributed by atoms with E-state index in [2.05, 4.69) is 35.4 Å². The van der Waals surface area contributed by atoms with Crippen LogP contribution in [0.15, 0.2) is 24.3 Å². The van der Waals surface area contributed by atoms with Crippen LogP contribution in [-0.2, 0) is 11.3 Å². The highest BCUT2D eigenvalue weighted by molar-refractivity contribution is 5.91. The van der Waals surface area contributed by atoms with Crippen LogP contribution in [-0.4, -0.2) is 36.5 Å².